The quantitative estimate of drug-likeness (QED) is 0.412. The summed E-state index contributed by atoms with van der Waals surface area (Å²) in [5, 5.41) is 5.45. The fourth-order valence-electron chi connectivity index (χ4n) is 3.48. The lowest BCUT2D eigenvalue weighted by atomic mass is 10.1. The molecule has 4 rings (SSSR count). The van der Waals surface area contributed by atoms with Crippen LogP contribution < -0.4 is 17.0 Å². The fraction of sp³-hybridized carbons (Fsp3) is 0.125. The Hall–Kier alpha value is -2.90. The molecule has 0 bridgehead atoms. The Bertz CT molecular complexity index is 1400. The third kappa shape index (κ3) is 4.89. The molecule has 0 fully saturated rings. The van der Waals surface area contributed by atoms with Gasteiger partial charge in [-0.15, -0.1) is 0 Å². The van der Waals surface area contributed by atoms with E-state index in [2.05, 4.69) is 5.10 Å². The number of rotatable bonds is 6. The Labute approximate surface area is 204 Å². The molecule has 1 unspecified atom stereocenters. The average molecular weight is 502 g/mol. The van der Waals surface area contributed by atoms with E-state index in [0.717, 1.165) is 14.8 Å². The average Bonchev–Trinajstić information content (AvgIpc) is 2.81. The molecule has 3 aromatic carbocycles. The molecule has 168 valence electrons. The van der Waals surface area contributed by atoms with E-state index in [9.17, 15) is 9.59 Å². The lowest BCUT2D eigenvalue weighted by Gasteiger charge is -2.17. The van der Waals surface area contributed by atoms with E-state index in [4.69, 9.17) is 40.5 Å². The molecular weight excluding hydrogens is 483 g/mol. The van der Waals surface area contributed by atoms with Crippen LogP contribution in [-0.4, -0.2) is 14.3 Å². The van der Waals surface area contributed by atoms with Crippen LogP contribution in [0.3, 0.4) is 0 Å². The largest absolute Gasteiger partial charge is 0.347 e. The van der Waals surface area contributed by atoms with Crippen molar-refractivity contribution in [2.75, 3.05) is 0 Å². The summed E-state index contributed by atoms with van der Waals surface area (Å²) in [6.45, 7) is -0.0758. The number of nitrogens with zero attached hydrogens (tertiary/aromatic N) is 3. The highest BCUT2D eigenvalue weighted by Crippen LogP contribution is 2.26. The zero-order valence-corrected chi connectivity index (χ0v) is 19.6. The minimum absolute atomic E-state index is 0.0311. The molecule has 0 aliphatic rings. The molecule has 0 aliphatic carbocycles. The van der Waals surface area contributed by atoms with Crippen LogP contribution in [0.15, 0.2) is 82.4 Å². The number of hydrogen-bond donors (Lipinski definition) is 1. The first-order chi connectivity index (χ1) is 15.9. The Kier molecular flexibility index (Phi) is 7.00. The van der Waals surface area contributed by atoms with E-state index >= 15 is 0 Å². The van der Waals surface area contributed by atoms with Crippen molar-refractivity contribution < 1.29 is 0 Å². The molecule has 1 aromatic heterocycles. The molecule has 2 N–H and O–H groups in total. The van der Waals surface area contributed by atoms with Gasteiger partial charge in [-0.3, -0.25) is 9.36 Å². The van der Waals surface area contributed by atoms with Gasteiger partial charge in [0.15, 0.2) is 5.69 Å². The Morgan fingerprint density at radius 3 is 2.09 bits per heavy atom. The van der Waals surface area contributed by atoms with Crippen molar-refractivity contribution in [3.8, 4) is 11.3 Å². The maximum atomic E-state index is 13.4. The summed E-state index contributed by atoms with van der Waals surface area (Å²) in [5.74, 6) is 0. The van der Waals surface area contributed by atoms with E-state index in [-0.39, 0.29) is 18.8 Å². The van der Waals surface area contributed by atoms with Gasteiger partial charge in [0, 0.05) is 27.2 Å². The van der Waals surface area contributed by atoms with Crippen LogP contribution in [0, 0.1) is 0 Å². The van der Waals surface area contributed by atoms with Crippen LogP contribution in [0.4, 0.5) is 0 Å². The van der Waals surface area contributed by atoms with Crippen LogP contribution in [0.1, 0.15) is 17.2 Å². The number of nitrogens with two attached hydrogens (primary N) is 1. The van der Waals surface area contributed by atoms with Crippen LogP contribution in [0.2, 0.25) is 15.1 Å². The topological polar surface area (TPSA) is 82.9 Å². The molecule has 0 aliphatic heterocycles. The molecule has 6 nitrogen and oxygen atoms in total. The van der Waals surface area contributed by atoms with Gasteiger partial charge < -0.3 is 5.73 Å². The van der Waals surface area contributed by atoms with Crippen LogP contribution >= 0.6 is 34.8 Å². The van der Waals surface area contributed by atoms with Gasteiger partial charge in [0.25, 0.3) is 5.56 Å². The van der Waals surface area contributed by atoms with Gasteiger partial charge in [-0.2, -0.15) is 5.10 Å². The first-order valence-corrected chi connectivity index (χ1v) is 11.2. The summed E-state index contributed by atoms with van der Waals surface area (Å²) in [6, 6.07) is 20.5. The molecule has 4 aromatic rings. The van der Waals surface area contributed by atoms with Crippen molar-refractivity contribution in [1.29, 1.82) is 0 Å². The summed E-state index contributed by atoms with van der Waals surface area (Å²) >= 11 is 19.0. The molecule has 1 atom stereocenters. The smallest absolute Gasteiger partial charge is 0.322 e. The fourth-order valence-corrected chi connectivity index (χ4v) is 4.22. The van der Waals surface area contributed by atoms with Gasteiger partial charge in [0.1, 0.15) is 0 Å². The number of halogens is 3. The normalized spacial score (nSPS) is 12.0. The maximum Gasteiger partial charge on any atom is 0.347 e. The van der Waals surface area contributed by atoms with Crippen molar-refractivity contribution in [3.63, 3.8) is 0 Å². The lowest BCUT2D eigenvalue weighted by molar-refractivity contribution is 0.484. The molecule has 0 spiro atoms. The van der Waals surface area contributed by atoms with Gasteiger partial charge in [-0.1, -0.05) is 89.4 Å². The zero-order chi connectivity index (χ0) is 23.5. The number of benzene rings is 3. The summed E-state index contributed by atoms with van der Waals surface area (Å²) in [7, 11) is 0. The summed E-state index contributed by atoms with van der Waals surface area (Å²) in [6.07, 6.45) is 0. The van der Waals surface area contributed by atoms with Crippen LogP contribution in [-0.2, 0) is 13.1 Å². The van der Waals surface area contributed by atoms with Crippen LogP contribution in [0.25, 0.3) is 11.3 Å². The monoisotopic (exact) mass is 500 g/mol. The predicted octanol–water partition coefficient (Wildman–Crippen LogP) is 4.78. The molecule has 9 heteroatoms. The minimum Gasteiger partial charge on any atom is -0.322 e. The van der Waals surface area contributed by atoms with E-state index in [1.807, 2.05) is 30.3 Å². The summed E-state index contributed by atoms with van der Waals surface area (Å²) in [5.41, 5.74) is 6.87. The van der Waals surface area contributed by atoms with Crippen molar-refractivity contribution in [2.24, 2.45) is 5.73 Å². The molecule has 0 saturated carbocycles. The predicted molar refractivity (Wildman–Crippen MR) is 132 cm³/mol. The van der Waals surface area contributed by atoms with E-state index < -0.39 is 17.3 Å². The second-order valence-electron chi connectivity index (χ2n) is 7.40. The zero-order valence-electron chi connectivity index (χ0n) is 17.3. The minimum atomic E-state index is -0.627. The third-order valence-corrected chi connectivity index (χ3v) is 6.26. The summed E-state index contributed by atoms with van der Waals surface area (Å²) in [4.78, 5) is 26.7. The Balaban J connectivity index is 1.89. The second kappa shape index (κ2) is 9.93. The van der Waals surface area contributed by atoms with E-state index in [1.54, 1.807) is 42.5 Å². The second-order valence-corrected chi connectivity index (χ2v) is 8.62. The van der Waals surface area contributed by atoms with Gasteiger partial charge in [-0.05, 0) is 23.8 Å². The molecule has 0 radical (unpaired) electrons. The highest BCUT2D eigenvalue weighted by atomic mass is 35.5. The Morgan fingerprint density at radius 1 is 0.818 bits per heavy atom. The number of aromatic nitrogens is 3. The van der Waals surface area contributed by atoms with Crippen molar-refractivity contribution in [1.82, 2.24) is 14.3 Å². The van der Waals surface area contributed by atoms with Crippen molar-refractivity contribution >= 4 is 34.8 Å². The Morgan fingerprint density at radius 2 is 1.42 bits per heavy atom. The molecule has 33 heavy (non-hydrogen) atoms. The maximum absolute atomic E-state index is 13.4. The van der Waals surface area contributed by atoms with Gasteiger partial charge in [0.2, 0.25) is 0 Å². The third-order valence-electron chi connectivity index (χ3n) is 5.23. The van der Waals surface area contributed by atoms with Gasteiger partial charge in [-0.25, -0.2) is 9.48 Å². The van der Waals surface area contributed by atoms with Crippen molar-refractivity contribution in [3.05, 3.63) is 120 Å². The highest BCUT2D eigenvalue weighted by Gasteiger charge is 2.20. The van der Waals surface area contributed by atoms with Gasteiger partial charge >= 0.3 is 5.69 Å². The molecule has 0 saturated heterocycles. The highest BCUT2D eigenvalue weighted by molar-refractivity contribution is 6.36. The van der Waals surface area contributed by atoms with Gasteiger partial charge in [0.05, 0.1) is 18.1 Å². The molecule has 0 amide bonds. The molecular formula is C24H19Cl3N4O2. The summed E-state index contributed by atoms with van der Waals surface area (Å²) < 4.78 is 2.24. The SMILES string of the molecule is NC(Cn1c(=O)c(-c2ccccc2Cl)nn(Cc2c(Cl)cccc2Cl)c1=O)c1ccccc1. The van der Waals surface area contributed by atoms with E-state index in [1.165, 1.54) is 0 Å². The number of hydrogen-bond acceptors (Lipinski definition) is 4. The standard InChI is InChI=1S/C24H19Cl3N4O2/c25-18-10-5-4-9-16(18)22-23(32)30(14-21(28)15-7-2-1-3-8-15)24(33)31(29-22)13-17-19(26)11-6-12-20(17)27/h1-12,21H,13-14,28H2. The lowest BCUT2D eigenvalue weighted by Crippen LogP contribution is -2.44. The molecule has 1 heterocycles. The first-order valence-electron chi connectivity index (χ1n) is 10.1. The van der Waals surface area contributed by atoms with E-state index in [0.29, 0.717) is 26.2 Å². The van der Waals surface area contributed by atoms with Crippen molar-refractivity contribution in [2.45, 2.75) is 19.1 Å². The van der Waals surface area contributed by atoms with Crippen LogP contribution in [0.5, 0.6) is 0 Å². The first kappa shape index (κ1) is 23.3.